The van der Waals surface area contributed by atoms with E-state index in [1.165, 1.54) is 4.88 Å². The molecule has 0 fully saturated rings. The van der Waals surface area contributed by atoms with Crippen LogP contribution in [0, 0.1) is 0 Å². The van der Waals surface area contributed by atoms with Gasteiger partial charge in [-0.2, -0.15) is 0 Å². The summed E-state index contributed by atoms with van der Waals surface area (Å²) in [7, 11) is 0. The molecule has 2 nitrogen and oxygen atoms in total. The van der Waals surface area contributed by atoms with Gasteiger partial charge in [0.05, 0.1) is 10.4 Å². The van der Waals surface area contributed by atoms with Gasteiger partial charge in [0.2, 0.25) is 0 Å². The van der Waals surface area contributed by atoms with Gasteiger partial charge in [-0.1, -0.05) is 0 Å². The van der Waals surface area contributed by atoms with Crippen LogP contribution in [0.25, 0.3) is 0 Å². The molecule has 0 spiro atoms. The van der Waals surface area contributed by atoms with E-state index in [9.17, 15) is 0 Å². The lowest BCUT2D eigenvalue weighted by atomic mass is 10.3. The first-order valence-electron chi connectivity index (χ1n) is 4.88. The van der Waals surface area contributed by atoms with Crippen LogP contribution in [-0.4, -0.2) is 19.3 Å². The lowest BCUT2D eigenvalue weighted by Gasteiger charge is -2.12. The fourth-order valence-corrected chi connectivity index (χ4v) is 3.23. The van der Waals surface area contributed by atoms with Gasteiger partial charge < -0.3 is 10.1 Å². The number of nitrogens with one attached hydrogen (secondary N) is 1. The van der Waals surface area contributed by atoms with Crippen molar-refractivity contribution >= 4 is 43.2 Å². The molecule has 0 aromatic carbocycles. The molecule has 0 aliphatic heterocycles. The summed E-state index contributed by atoms with van der Waals surface area (Å²) in [5.41, 5.74) is 0. The number of halogens is 2. The Morgan fingerprint density at radius 1 is 1.53 bits per heavy atom. The van der Waals surface area contributed by atoms with Crippen molar-refractivity contribution in [1.29, 1.82) is 0 Å². The average Bonchev–Trinajstić information content (AvgIpc) is 2.52. The molecule has 86 valence electrons. The molecule has 0 saturated carbocycles. The lowest BCUT2D eigenvalue weighted by molar-refractivity contribution is 0.127. The van der Waals surface area contributed by atoms with Gasteiger partial charge in [-0.05, 0) is 51.8 Å². The second-order valence-electron chi connectivity index (χ2n) is 3.28. The predicted octanol–water partition coefficient (Wildman–Crippen LogP) is 3.79. The fraction of sp³-hybridized carbons (Fsp3) is 0.600. The smallest absolute Gasteiger partial charge is 0.0843 e. The highest BCUT2D eigenvalue weighted by atomic mass is 79.9. The van der Waals surface area contributed by atoms with E-state index in [0.717, 1.165) is 28.0 Å². The van der Waals surface area contributed by atoms with Crippen molar-refractivity contribution < 1.29 is 4.74 Å². The first kappa shape index (κ1) is 13.6. The number of hydrogen-bond donors (Lipinski definition) is 1. The largest absolute Gasteiger partial charge is 0.380 e. The van der Waals surface area contributed by atoms with Gasteiger partial charge in [-0.15, -0.1) is 11.3 Å². The average molecular weight is 357 g/mol. The van der Waals surface area contributed by atoms with Crippen molar-refractivity contribution in [2.24, 2.45) is 0 Å². The van der Waals surface area contributed by atoms with Gasteiger partial charge in [0.15, 0.2) is 0 Å². The standard InChI is InChI=1S/C10H15Br2NOS/c1-3-14-6-7(2)13-5-8-4-9(11)10(12)15-8/h4,7,13H,3,5-6H2,1-2H3. The van der Waals surface area contributed by atoms with Crippen LogP contribution < -0.4 is 5.32 Å². The molecule has 0 radical (unpaired) electrons. The lowest BCUT2D eigenvalue weighted by Crippen LogP contribution is -2.29. The second-order valence-corrected chi connectivity index (χ2v) is 6.58. The molecule has 1 heterocycles. The van der Waals surface area contributed by atoms with E-state index in [2.05, 4.69) is 50.2 Å². The molecule has 0 bridgehead atoms. The van der Waals surface area contributed by atoms with Gasteiger partial charge in [0.1, 0.15) is 0 Å². The normalized spacial score (nSPS) is 13.1. The van der Waals surface area contributed by atoms with Crippen LogP contribution in [0.2, 0.25) is 0 Å². The van der Waals surface area contributed by atoms with E-state index >= 15 is 0 Å². The molecule has 1 aromatic heterocycles. The molecule has 0 aliphatic carbocycles. The van der Waals surface area contributed by atoms with E-state index in [4.69, 9.17) is 4.74 Å². The fourth-order valence-electron chi connectivity index (χ4n) is 1.11. The minimum atomic E-state index is 0.393. The highest BCUT2D eigenvalue weighted by Crippen LogP contribution is 2.32. The maximum Gasteiger partial charge on any atom is 0.0843 e. The highest BCUT2D eigenvalue weighted by Gasteiger charge is 2.06. The maximum atomic E-state index is 5.34. The van der Waals surface area contributed by atoms with E-state index in [-0.39, 0.29) is 0 Å². The molecule has 1 rings (SSSR count). The first-order chi connectivity index (χ1) is 7.13. The summed E-state index contributed by atoms with van der Waals surface area (Å²) in [5, 5.41) is 3.42. The van der Waals surface area contributed by atoms with Crippen molar-refractivity contribution in [3.05, 3.63) is 19.2 Å². The number of thiophene rings is 1. The zero-order valence-electron chi connectivity index (χ0n) is 8.85. The van der Waals surface area contributed by atoms with Gasteiger partial charge in [0, 0.05) is 28.5 Å². The zero-order chi connectivity index (χ0) is 11.3. The predicted molar refractivity (Wildman–Crippen MR) is 72.5 cm³/mol. The molecular weight excluding hydrogens is 342 g/mol. The summed E-state index contributed by atoms with van der Waals surface area (Å²) in [5.74, 6) is 0. The van der Waals surface area contributed by atoms with Gasteiger partial charge in [-0.3, -0.25) is 0 Å². The van der Waals surface area contributed by atoms with Crippen LogP contribution in [-0.2, 0) is 11.3 Å². The van der Waals surface area contributed by atoms with E-state index in [1.54, 1.807) is 11.3 Å². The topological polar surface area (TPSA) is 21.3 Å². The Hall–Kier alpha value is 0.580. The van der Waals surface area contributed by atoms with E-state index in [0.29, 0.717) is 6.04 Å². The summed E-state index contributed by atoms with van der Waals surface area (Å²) in [6, 6.07) is 2.53. The zero-order valence-corrected chi connectivity index (χ0v) is 12.8. The van der Waals surface area contributed by atoms with Crippen LogP contribution in [0.1, 0.15) is 18.7 Å². The summed E-state index contributed by atoms with van der Waals surface area (Å²) in [4.78, 5) is 1.32. The van der Waals surface area contributed by atoms with Crippen molar-refractivity contribution in [3.63, 3.8) is 0 Å². The minimum Gasteiger partial charge on any atom is -0.380 e. The third-order valence-electron chi connectivity index (χ3n) is 1.89. The Morgan fingerprint density at radius 2 is 2.27 bits per heavy atom. The van der Waals surface area contributed by atoms with Crippen LogP contribution in [0.3, 0.4) is 0 Å². The minimum absolute atomic E-state index is 0.393. The van der Waals surface area contributed by atoms with Gasteiger partial charge in [0.25, 0.3) is 0 Å². The Morgan fingerprint density at radius 3 is 2.80 bits per heavy atom. The van der Waals surface area contributed by atoms with Crippen molar-refractivity contribution in [2.75, 3.05) is 13.2 Å². The highest BCUT2D eigenvalue weighted by molar-refractivity contribution is 9.13. The molecule has 0 amide bonds. The van der Waals surface area contributed by atoms with Crippen LogP contribution in [0.15, 0.2) is 14.3 Å². The molecule has 1 N–H and O–H groups in total. The molecule has 1 atom stereocenters. The Balaban J connectivity index is 2.30. The number of rotatable bonds is 6. The first-order valence-corrected chi connectivity index (χ1v) is 7.28. The molecule has 0 saturated heterocycles. The summed E-state index contributed by atoms with van der Waals surface area (Å²) in [6.45, 7) is 6.59. The van der Waals surface area contributed by atoms with Crippen molar-refractivity contribution in [3.8, 4) is 0 Å². The van der Waals surface area contributed by atoms with Gasteiger partial charge in [-0.25, -0.2) is 0 Å². The van der Waals surface area contributed by atoms with Crippen LogP contribution in [0.5, 0.6) is 0 Å². The molecule has 15 heavy (non-hydrogen) atoms. The second kappa shape index (κ2) is 7.01. The third-order valence-corrected chi connectivity index (χ3v) is 5.15. The number of hydrogen-bond acceptors (Lipinski definition) is 3. The molecular formula is C10H15Br2NOS. The van der Waals surface area contributed by atoms with Crippen molar-refractivity contribution in [2.45, 2.75) is 26.4 Å². The molecule has 0 aliphatic rings. The van der Waals surface area contributed by atoms with E-state index < -0.39 is 0 Å². The monoisotopic (exact) mass is 355 g/mol. The van der Waals surface area contributed by atoms with Gasteiger partial charge >= 0.3 is 0 Å². The molecule has 1 unspecified atom stereocenters. The molecule has 5 heteroatoms. The quantitative estimate of drug-likeness (QED) is 0.837. The number of ether oxygens (including phenoxy) is 1. The third kappa shape index (κ3) is 4.95. The van der Waals surface area contributed by atoms with E-state index in [1.807, 2.05) is 6.92 Å². The van der Waals surface area contributed by atoms with Crippen LogP contribution >= 0.6 is 43.2 Å². The SMILES string of the molecule is CCOCC(C)NCc1cc(Br)c(Br)s1. The Labute approximate surface area is 112 Å². The Kier molecular flexibility index (Phi) is 6.38. The Bertz CT molecular complexity index is 284. The maximum absolute atomic E-state index is 5.34. The summed E-state index contributed by atoms with van der Waals surface area (Å²) in [6.07, 6.45) is 0. The summed E-state index contributed by atoms with van der Waals surface area (Å²) < 4.78 is 7.61. The van der Waals surface area contributed by atoms with Crippen molar-refractivity contribution in [1.82, 2.24) is 5.32 Å². The summed E-state index contributed by atoms with van der Waals surface area (Å²) >= 11 is 8.71. The molecule has 1 aromatic rings. The van der Waals surface area contributed by atoms with Crippen LogP contribution in [0.4, 0.5) is 0 Å².